The number of nitrogens with one attached hydrogen (secondary N) is 1. The molecule has 0 spiro atoms. The van der Waals surface area contributed by atoms with Crippen LogP contribution in [0.15, 0.2) is 12.1 Å². The van der Waals surface area contributed by atoms with E-state index >= 15 is 0 Å². The molecule has 0 amide bonds. The van der Waals surface area contributed by atoms with E-state index in [2.05, 4.69) is 38.2 Å². The summed E-state index contributed by atoms with van der Waals surface area (Å²) in [6, 6.07) is 4.26. The van der Waals surface area contributed by atoms with Gasteiger partial charge in [-0.05, 0) is 50.9 Å². The minimum atomic E-state index is -0.794. The first kappa shape index (κ1) is 13.2. The minimum Gasteiger partial charge on any atom is -0.384 e. The Bertz CT molecular complexity index is 346. The zero-order valence-electron chi connectivity index (χ0n) is 11.0. The third-order valence-electron chi connectivity index (χ3n) is 2.93. The fourth-order valence-corrected chi connectivity index (χ4v) is 2.49. The van der Waals surface area contributed by atoms with Crippen molar-refractivity contribution in [2.75, 3.05) is 13.1 Å². The van der Waals surface area contributed by atoms with Gasteiger partial charge in [0.05, 0.1) is 5.60 Å². The van der Waals surface area contributed by atoms with Crippen molar-refractivity contribution in [2.24, 2.45) is 0 Å². The van der Waals surface area contributed by atoms with Crippen molar-refractivity contribution >= 4 is 0 Å². The molecule has 2 nitrogen and oxygen atoms in total. The first-order valence-corrected chi connectivity index (χ1v) is 5.90. The zero-order valence-corrected chi connectivity index (χ0v) is 11.0. The lowest BCUT2D eigenvalue weighted by atomic mass is 9.87. The first-order chi connectivity index (χ1) is 7.38. The van der Waals surface area contributed by atoms with Crippen LogP contribution < -0.4 is 5.32 Å². The third-order valence-corrected chi connectivity index (χ3v) is 2.93. The number of rotatable bonds is 4. The molecule has 1 aromatic carbocycles. The summed E-state index contributed by atoms with van der Waals surface area (Å²) in [6.07, 6.45) is 0. The SMILES string of the molecule is CCNCC(C)(O)c1c(C)cc(C)cc1C. The summed E-state index contributed by atoms with van der Waals surface area (Å²) >= 11 is 0. The van der Waals surface area contributed by atoms with E-state index in [4.69, 9.17) is 0 Å². The molecule has 1 aromatic rings. The van der Waals surface area contributed by atoms with Gasteiger partial charge >= 0.3 is 0 Å². The van der Waals surface area contributed by atoms with Crippen LogP contribution in [-0.2, 0) is 5.60 Å². The second-order valence-corrected chi connectivity index (χ2v) is 4.83. The molecule has 90 valence electrons. The van der Waals surface area contributed by atoms with Crippen LogP contribution in [0.1, 0.15) is 36.1 Å². The third kappa shape index (κ3) is 2.83. The van der Waals surface area contributed by atoms with Gasteiger partial charge in [0, 0.05) is 6.54 Å². The van der Waals surface area contributed by atoms with E-state index in [0.29, 0.717) is 6.54 Å². The molecule has 0 saturated carbocycles. The van der Waals surface area contributed by atoms with Crippen molar-refractivity contribution < 1.29 is 5.11 Å². The van der Waals surface area contributed by atoms with Crippen molar-refractivity contribution in [1.29, 1.82) is 0 Å². The highest BCUT2D eigenvalue weighted by Gasteiger charge is 2.26. The molecule has 1 unspecified atom stereocenters. The predicted molar refractivity (Wildman–Crippen MR) is 68.8 cm³/mol. The van der Waals surface area contributed by atoms with Crippen LogP contribution in [0.2, 0.25) is 0 Å². The van der Waals surface area contributed by atoms with Gasteiger partial charge in [-0.25, -0.2) is 0 Å². The number of hydrogen-bond donors (Lipinski definition) is 2. The Kier molecular flexibility index (Phi) is 4.11. The fraction of sp³-hybridized carbons (Fsp3) is 0.571. The number of aliphatic hydroxyl groups is 1. The van der Waals surface area contributed by atoms with E-state index in [1.165, 1.54) is 16.7 Å². The second kappa shape index (κ2) is 4.98. The molecule has 0 bridgehead atoms. The zero-order chi connectivity index (χ0) is 12.3. The summed E-state index contributed by atoms with van der Waals surface area (Å²) in [7, 11) is 0. The average Bonchev–Trinajstić information content (AvgIpc) is 2.12. The fourth-order valence-electron chi connectivity index (χ4n) is 2.49. The normalized spacial score (nSPS) is 14.9. The Morgan fingerprint density at radius 2 is 1.69 bits per heavy atom. The Hall–Kier alpha value is -0.860. The molecular weight excluding hydrogens is 198 g/mol. The van der Waals surface area contributed by atoms with Crippen molar-refractivity contribution in [1.82, 2.24) is 5.32 Å². The molecule has 0 aromatic heterocycles. The molecule has 1 rings (SSSR count). The van der Waals surface area contributed by atoms with Crippen LogP contribution in [-0.4, -0.2) is 18.2 Å². The summed E-state index contributed by atoms with van der Waals surface area (Å²) in [5.74, 6) is 0. The molecule has 0 aliphatic rings. The van der Waals surface area contributed by atoms with Gasteiger partial charge in [-0.2, -0.15) is 0 Å². The average molecular weight is 221 g/mol. The lowest BCUT2D eigenvalue weighted by Gasteiger charge is -2.28. The van der Waals surface area contributed by atoms with Crippen molar-refractivity contribution in [2.45, 2.75) is 40.2 Å². The number of aryl methyl sites for hydroxylation is 3. The molecule has 0 aliphatic heterocycles. The lowest BCUT2D eigenvalue weighted by molar-refractivity contribution is 0.0563. The summed E-state index contributed by atoms with van der Waals surface area (Å²) in [4.78, 5) is 0. The molecule has 0 fully saturated rings. The van der Waals surface area contributed by atoms with E-state index in [-0.39, 0.29) is 0 Å². The summed E-state index contributed by atoms with van der Waals surface area (Å²) in [6.45, 7) is 11.6. The number of hydrogen-bond acceptors (Lipinski definition) is 2. The molecule has 16 heavy (non-hydrogen) atoms. The monoisotopic (exact) mass is 221 g/mol. The molecule has 1 atom stereocenters. The summed E-state index contributed by atoms with van der Waals surface area (Å²) in [5.41, 5.74) is 3.84. The van der Waals surface area contributed by atoms with Gasteiger partial charge in [-0.15, -0.1) is 0 Å². The standard InChI is InChI=1S/C14H23NO/c1-6-15-9-14(5,16)13-11(3)7-10(2)8-12(13)4/h7-8,15-16H,6,9H2,1-5H3. The van der Waals surface area contributed by atoms with Crippen LogP contribution >= 0.6 is 0 Å². The van der Waals surface area contributed by atoms with Crippen LogP contribution in [0.5, 0.6) is 0 Å². The van der Waals surface area contributed by atoms with Gasteiger partial charge in [0.15, 0.2) is 0 Å². The topological polar surface area (TPSA) is 32.3 Å². The van der Waals surface area contributed by atoms with Crippen LogP contribution in [0.3, 0.4) is 0 Å². The first-order valence-electron chi connectivity index (χ1n) is 5.90. The highest BCUT2D eigenvalue weighted by molar-refractivity contribution is 5.41. The van der Waals surface area contributed by atoms with Crippen LogP contribution in [0.25, 0.3) is 0 Å². The highest BCUT2D eigenvalue weighted by Crippen LogP contribution is 2.27. The Labute approximate surface area is 98.7 Å². The van der Waals surface area contributed by atoms with Crippen LogP contribution in [0, 0.1) is 20.8 Å². The van der Waals surface area contributed by atoms with Gasteiger partial charge in [0.1, 0.15) is 0 Å². The van der Waals surface area contributed by atoms with E-state index in [9.17, 15) is 5.11 Å². The van der Waals surface area contributed by atoms with Gasteiger partial charge in [-0.3, -0.25) is 0 Å². The molecule has 2 heteroatoms. The smallest absolute Gasteiger partial charge is 0.0997 e. The minimum absolute atomic E-state index is 0.592. The van der Waals surface area contributed by atoms with E-state index < -0.39 is 5.60 Å². The van der Waals surface area contributed by atoms with Gasteiger partial charge in [-0.1, -0.05) is 24.6 Å². The molecule has 0 heterocycles. The maximum Gasteiger partial charge on any atom is 0.0997 e. The van der Waals surface area contributed by atoms with E-state index in [1.807, 2.05) is 13.8 Å². The Morgan fingerprint density at radius 3 is 2.12 bits per heavy atom. The van der Waals surface area contributed by atoms with E-state index in [1.54, 1.807) is 0 Å². The predicted octanol–water partition coefficient (Wildman–Crippen LogP) is 2.43. The summed E-state index contributed by atoms with van der Waals surface area (Å²) in [5, 5.41) is 13.7. The van der Waals surface area contributed by atoms with Crippen molar-refractivity contribution in [3.05, 3.63) is 34.4 Å². The summed E-state index contributed by atoms with van der Waals surface area (Å²) < 4.78 is 0. The quantitative estimate of drug-likeness (QED) is 0.818. The second-order valence-electron chi connectivity index (χ2n) is 4.83. The van der Waals surface area contributed by atoms with Crippen molar-refractivity contribution in [3.8, 4) is 0 Å². The van der Waals surface area contributed by atoms with Crippen molar-refractivity contribution in [3.63, 3.8) is 0 Å². The molecular formula is C14H23NO. The molecule has 2 N–H and O–H groups in total. The number of likely N-dealkylation sites (N-methyl/N-ethyl adjacent to an activating group) is 1. The van der Waals surface area contributed by atoms with Gasteiger partial charge < -0.3 is 10.4 Å². The molecule has 0 saturated heterocycles. The van der Waals surface area contributed by atoms with E-state index in [0.717, 1.165) is 12.1 Å². The maximum absolute atomic E-state index is 10.5. The molecule has 0 aliphatic carbocycles. The number of benzene rings is 1. The highest BCUT2D eigenvalue weighted by atomic mass is 16.3. The van der Waals surface area contributed by atoms with Gasteiger partial charge in [0.25, 0.3) is 0 Å². The van der Waals surface area contributed by atoms with Crippen LogP contribution in [0.4, 0.5) is 0 Å². The van der Waals surface area contributed by atoms with Gasteiger partial charge in [0.2, 0.25) is 0 Å². The maximum atomic E-state index is 10.5. The molecule has 0 radical (unpaired) electrons. The Balaban J connectivity index is 3.11. The lowest BCUT2D eigenvalue weighted by Crippen LogP contribution is -2.36. The largest absolute Gasteiger partial charge is 0.384 e. The Morgan fingerprint density at radius 1 is 1.19 bits per heavy atom.